The van der Waals surface area contributed by atoms with Crippen molar-refractivity contribution in [3.05, 3.63) is 0 Å². The normalized spacial score (nSPS) is 12.5. The van der Waals surface area contributed by atoms with Gasteiger partial charge in [0.2, 0.25) is 0 Å². The van der Waals surface area contributed by atoms with Gasteiger partial charge in [0.15, 0.2) is 0 Å². The van der Waals surface area contributed by atoms with E-state index in [1.165, 1.54) is 0 Å². The first-order valence-corrected chi connectivity index (χ1v) is 3.94. The van der Waals surface area contributed by atoms with Crippen LogP contribution < -0.4 is 5.32 Å². The highest BCUT2D eigenvalue weighted by Gasteiger charge is 1.99. The molecule has 11 heavy (non-hydrogen) atoms. The van der Waals surface area contributed by atoms with Crippen molar-refractivity contribution < 1.29 is 0 Å². The minimum absolute atomic E-state index is 0.519. The Balaban J connectivity index is 3.34. The summed E-state index contributed by atoms with van der Waals surface area (Å²) in [4.78, 5) is 2.16. The van der Waals surface area contributed by atoms with Gasteiger partial charge in [-0.2, -0.15) is 0 Å². The Morgan fingerprint density at radius 2 is 2.09 bits per heavy atom. The molecule has 0 radical (unpaired) electrons. The zero-order valence-electron chi connectivity index (χ0n) is 7.94. The van der Waals surface area contributed by atoms with E-state index in [4.69, 9.17) is 0 Å². The highest BCUT2D eigenvalue weighted by Crippen LogP contribution is 1.82. The summed E-state index contributed by atoms with van der Waals surface area (Å²) >= 11 is 0. The van der Waals surface area contributed by atoms with E-state index in [0.29, 0.717) is 6.04 Å². The number of nitrogens with zero attached hydrogens (tertiary/aromatic N) is 1. The van der Waals surface area contributed by atoms with E-state index in [0.717, 1.165) is 13.1 Å². The van der Waals surface area contributed by atoms with E-state index in [1.807, 2.05) is 6.92 Å². The molecular formula is C9H18N2. The topological polar surface area (TPSA) is 15.3 Å². The molecule has 1 unspecified atom stereocenters. The molecule has 0 aromatic rings. The van der Waals surface area contributed by atoms with Crippen LogP contribution in [0.4, 0.5) is 0 Å². The third kappa shape index (κ3) is 7.38. The molecule has 0 rings (SSSR count). The lowest BCUT2D eigenvalue weighted by Gasteiger charge is -2.16. The van der Waals surface area contributed by atoms with Gasteiger partial charge >= 0.3 is 0 Å². The van der Waals surface area contributed by atoms with Gasteiger partial charge in [0, 0.05) is 12.6 Å². The molecule has 0 aliphatic heterocycles. The van der Waals surface area contributed by atoms with Gasteiger partial charge in [0.1, 0.15) is 0 Å². The van der Waals surface area contributed by atoms with E-state index in [2.05, 4.69) is 43.1 Å². The van der Waals surface area contributed by atoms with E-state index >= 15 is 0 Å². The van der Waals surface area contributed by atoms with Crippen LogP contribution in [-0.2, 0) is 0 Å². The fourth-order valence-corrected chi connectivity index (χ4v) is 0.926. The summed E-state index contributed by atoms with van der Waals surface area (Å²) in [6.07, 6.45) is 0. The van der Waals surface area contributed by atoms with E-state index < -0.39 is 0 Å². The third-order valence-electron chi connectivity index (χ3n) is 1.35. The quantitative estimate of drug-likeness (QED) is 0.595. The van der Waals surface area contributed by atoms with Crippen LogP contribution in [0.15, 0.2) is 0 Å². The smallest absolute Gasteiger partial charge is 0.0578 e. The standard InChI is InChI=1S/C9H18N2/c1-5-6-7-10-9(2)8-11(3)4/h9-10H,7-8H2,1-4H3. The molecule has 0 aliphatic rings. The average molecular weight is 154 g/mol. The van der Waals surface area contributed by atoms with Crippen LogP contribution in [0.3, 0.4) is 0 Å². The van der Waals surface area contributed by atoms with Crippen molar-refractivity contribution in [2.24, 2.45) is 0 Å². The summed E-state index contributed by atoms with van der Waals surface area (Å²) < 4.78 is 0. The largest absolute Gasteiger partial charge is 0.308 e. The predicted octanol–water partition coefficient (Wildman–Crippen LogP) is 0.549. The zero-order chi connectivity index (χ0) is 8.69. The molecule has 0 heterocycles. The van der Waals surface area contributed by atoms with Gasteiger partial charge in [-0.1, -0.05) is 5.92 Å². The first-order chi connectivity index (χ1) is 5.16. The van der Waals surface area contributed by atoms with Crippen molar-refractivity contribution in [1.82, 2.24) is 10.2 Å². The highest BCUT2D eigenvalue weighted by molar-refractivity contribution is 4.97. The first-order valence-electron chi connectivity index (χ1n) is 3.94. The summed E-state index contributed by atoms with van der Waals surface area (Å²) in [5.41, 5.74) is 0. The molecule has 1 N–H and O–H groups in total. The third-order valence-corrected chi connectivity index (χ3v) is 1.35. The van der Waals surface area contributed by atoms with E-state index in [-0.39, 0.29) is 0 Å². The van der Waals surface area contributed by atoms with E-state index in [1.54, 1.807) is 0 Å². The zero-order valence-corrected chi connectivity index (χ0v) is 7.94. The lowest BCUT2D eigenvalue weighted by Crippen LogP contribution is -2.35. The Labute approximate surface area is 70.0 Å². The predicted molar refractivity (Wildman–Crippen MR) is 49.5 cm³/mol. The van der Waals surface area contributed by atoms with Crippen LogP contribution in [-0.4, -0.2) is 38.1 Å². The first kappa shape index (κ1) is 10.5. The Bertz CT molecular complexity index is 141. The molecular weight excluding hydrogens is 136 g/mol. The number of hydrogen-bond acceptors (Lipinski definition) is 2. The molecule has 1 atom stereocenters. The molecule has 0 bridgehead atoms. The maximum Gasteiger partial charge on any atom is 0.0578 e. The van der Waals surface area contributed by atoms with Gasteiger partial charge in [0.25, 0.3) is 0 Å². The second-order valence-corrected chi connectivity index (χ2v) is 2.97. The van der Waals surface area contributed by atoms with Gasteiger partial charge in [-0.25, -0.2) is 0 Å². The van der Waals surface area contributed by atoms with Crippen molar-refractivity contribution in [3.8, 4) is 11.8 Å². The van der Waals surface area contributed by atoms with Crippen LogP contribution in [0, 0.1) is 11.8 Å². The Morgan fingerprint density at radius 3 is 2.55 bits per heavy atom. The highest BCUT2D eigenvalue weighted by atomic mass is 15.1. The van der Waals surface area contributed by atoms with Crippen LogP contribution in [0.1, 0.15) is 13.8 Å². The van der Waals surface area contributed by atoms with Crippen molar-refractivity contribution in [2.75, 3.05) is 27.2 Å². The molecule has 2 nitrogen and oxygen atoms in total. The molecule has 0 aromatic carbocycles. The maximum absolute atomic E-state index is 3.30. The molecule has 0 aliphatic carbocycles. The minimum Gasteiger partial charge on any atom is -0.308 e. The van der Waals surface area contributed by atoms with Gasteiger partial charge in [-0.05, 0) is 27.9 Å². The Kier molecular flexibility index (Phi) is 5.91. The second-order valence-electron chi connectivity index (χ2n) is 2.97. The van der Waals surface area contributed by atoms with Crippen LogP contribution in [0.2, 0.25) is 0 Å². The van der Waals surface area contributed by atoms with Crippen LogP contribution in [0.5, 0.6) is 0 Å². The number of nitrogens with one attached hydrogen (secondary N) is 1. The minimum atomic E-state index is 0.519. The molecule has 64 valence electrons. The fraction of sp³-hybridized carbons (Fsp3) is 0.778. The summed E-state index contributed by atoms with van der Waals surface area (Å²) in [5.74, 6) is 5.82. The number of rotatable bonds is 4. The summed E-state index contributed by atoms with van der Waals surface area (Å²) in [7, 11) is 4.15. The van der Waals surface area contributed by atoms with Crippen molar-refractivity contribution in [3.63, 3.8) is 0 Å². The molecule has 0 spiro atoms. The van der Waals surface area contributed by atoms with Crippen molar-refractivity contribution >= 4 is 0 Å². The number of hydrogen-bond donors (Lipinski definition) is 1. The van der Waals surface area contributed by atoms with Gasteiger partial charge in [-0.3, -0.25) is 0 Å². The fourth-order valence-electron chi connectivity index (χ4n) is 0.926. The summed E-state index contributed by atoms with van der Waals surface area (Å²) in [6.45, 7) is 5.88. The van der Waals surface area contributed by atoms with Gasteiger partial charge < -0.3 is 10.2 Å². The molecule has 0 saturated heterocycles. The van der Waals surface area contributed by atoms with Gasteiger partial charge in [0.05, 0.1) is 6.54 Å². The number of likely N-dealkylation sites (N-methyl/N-ethyl adjacent to an activating group) is 1. The lowest BCUT2D eigenvalue weighted by atomic mass is 10.3. The Hall–Kier alpha value is -0.520. The molecule has 0 aromatic heterocycles. The lowest BCUT2D eigenvalue weighted by molar-refractivity contribution is 0.356. The Morgan fingerprint density at radius 1 is 1.45 bits per heavy atom. The van der Waals surface area contributed by atoms with Gasteiger partial charge in [-0.15, -0.1) is 5.92 Å². The van der Waals surface area contributed by atoms with Crippen LogP contribution >= 0.6 is 0 Å². The van der Waals surface area contributed by atoms with E-state index in [9.17, 15) is 0 Å². The van der Waals surface area contributed by atoms with Crippen molar-refractivity contribution in [2.45, 2.75) is 19.9 Å². The summed E-state index contributed by atoms with van der Waals surface area (Å²) in [5, 5.41) is 3.30. The molecule has 0 saturated carbocycles. The molecule has 0 amide bonds. The van der Waals surface area contributed by atoms with Crippen molar-refractivity contribution in [1.29, 1.82) is 0 Å². The SMILES string of the molecule is CC#CCNC(C)CN(C)C. The molecule has 2 heteroatoms. The van der Waals surface area contributed by atoms with Crippen LogP contribution in [0.25, 0.3) is 0 Å². The maximum atomic E-state index is 3.30. The summed E-state index contributed by atoms with van der Waals surface area (Å²) in [6, 6.07) is 0.519. The monoisotopic (exact) mass is 154 g/mol. The second kappa shape index (κ2) is 6.21. The average Bonchev–Trinajstić information content (AvgIpc) is 1.86. The molecule has 0 fully saturated rings.